The van der Waals surface area contributed by atoms with Gasteiger partial charge >= 0.3 is 0 Å². The van der Waals surface area contributed by atoms with Crippen molar-refractivity contribution in [2.24, 2.45) is 0 Å². The van der Waals surface area contributed by atoms with E-state index < -0.39 is 22.5 Å². The van der Waals surface area contributed by atoms with E-state index in [9.17, 15) is 13.2 Å². The highest BCUT2D eigenvalue weighted by Gasteiger charge is 2.30. The summed E-state index contributed by atoms with van der Waals surface area (Å²) in [5.74, 6) is 0.656. The molecule has 0 aliphatic carbocycles. The highest BCUT2D eigenvalue weighted by molar-refractivity contribution is 7.98. The lowest BCUT2D eigenvalue weighted by Crippen LogP contribution is -2.41. The topological polar surface area (TPSA) is 84.9 Å². The number of benzene rings is 3. The third kappa shape index (κ3) is 6.49. The summed E-state index contributed by atoms with van der Waals surface area (Å²) in [6.45, 7) is 3.61. The maximum atomic E-state index is 13.7. The zero-order valence-corrected chi connectivity index (χ0v) is 21.9. The van der Waals surface area contributed by atoms with Crippen LogP contribution in [0.2, 0.25) is 0 Å². The van der Waals surface area contributed by atoms with Gasteiger partial charge in [-0.15, -0.1) is 11.8 Å². The van der Waals surface area contributed by atoms with E-state index in [0.717, 1.165) is 14.8 Å². The summed E-state index contributed by atoms with van der Waals surface area (Å²) in [6, 6.07) is 20.4. The Balaban J connectivity index is 1.92. The first-order chi connectivity index (χ1) is 16.8. The minimum absolute atomic E-state index is 0.0950. The van der Waals surface area contributed by atoms with Gasteiger partial charge in [0.2, 0.25) is 5.91 Å². The summed E-state index contributed by atoms with van der Waals surface area (Å²) in [5, 5.41) is 2.90. The van der Waals surface area contributed by atoms with Gasteiger partial charge in [-0.2, -0.15) is 0 Å². The number of para-hydroxylation sites is 2. The molecule has 3 aromatic carbocycles. The van der Waals surface area contributed by atoms with Crippen molar-refractivity contribution in [3.63, 3.8) is 0 Å². The molecule has 1 atom stereocenters. The van der Waals surface area contributed by atoms with E-state index in [1.165, 1.54) is 11.8 Å². The zero-order chi connectivity index (χ0) is 25.4. The molecule has 3 rings (SSSR count). The standard InChI is InChI=1S/C26H30N2O5S2/c1-5-33-25-9-7-6-8-24(25)28(35(30,31)23-16-14-22(34-4)15-17-23)18-26(29)27-19(2)20-10-12-21(32-3)13-11-20/h6-17,19H,5,18H2,1-4H3,(H,27,29). The summed E-state index contributed by atoms with van der Waals surface area (Å²) >= 11 is 1.52. The van der Waals surface area contributed by atoms with Crippen molar-refractivity contribution in [3.8, 4) is 11.5 Å². The van der Waals surface area contributed by atoms with Gasteiger partial charge in [0.05, 0.1) is 30.3 Å². The number of amides is 1. The van der Waals surface area contributed by atoms with Gasteiger partial charge in [-0.3, -0.25) is 9.10 Å². The molecule has 1 unspecified atom stereocenters. The lowest BCUT2D eigenvalue weighted by molar-refractivity contribution is -0.120. The van der Waals surface area contributed by atoms with Crippen molar-refractivity contribution in [3.05, 3.63) is 78.4 Å². The van der Waals surface area contributed by atoms with Crippen LogP contribution in [-0.4, -0.2) is 40.8 Å². The van der Waals surface area contributed by atoms with Gasteiger partial charge in [0.25, 0.3) is 10.0 Å². The van der Waals surface area contributed by atoms with E-state index in [1.54, 1.807) is 55.6 Å². The number of nitrogens with zero attached hydrogens (tertiary/aromatic N) is 1. The molecule has 3 aromatic rings. The molecule has 1 amide bonds. The number of sulfonamides is 1. The Morgan fingerprint density at radius 1 is 1.03 bits per heavy atom. The summed E-state index contributed by atoms with van der Waals surface area (Å²) in [5.41, 5.74) is 1.17. The SMILES string of the molecule is CCOc1ccccc1N(CC(=O)NC(C)c1ccc(OC)cc1)S(=O)(=O)c1ccc(SC)cc1. The second-order valence-electron chi connectivity index (χ2n) is 7.65. The summed E-state index contributed by atoms with van der Waals surface area (Å²) in [4.78, 5) is 14.1. The average molecular weight is 515 g/mol. The van der Waals surface area contributed by atoms with E-state index in [0.29, 0.717) is 23.8 Å². The molecule has 35 heavy (non-hydrogen) atoms. The normalized spacial score (nSPS) is 12.0. The fraction of sp³-hybridized carbons (Fsp3) is 0.269. The predicted octanol–water partition coefficient (Wildman–Crippen LogP) is 4.89. The smallest absolute Gasteiger partial charge is 0.264 e. The third-order valence-corrected chi connectivity index (χ3v) is 7.88. The molecule has 186 valence electrons. The van der Waals surface area contributed by atoms with Crippen LogP contribution < -0.4 is 19.1 Å². The van der Waals surface area contributed by atoms with Crippen LogP contribution in [0.5, 0.6) is 11.5 Å². The van der Waals surface area contributed by atoms with Gasteiger partial charge in [-0.05, 0) is 74.2 Å². The molecule has 0 radical (unpaired) electrons. The van der Waals surface area contributed by atoms with Gasteiger partial charge in [-0.1, -0.05) is 24.3 Å². The molecular formula is C26H30N2O5S2. The minimum Gasteiger partial charge on any atom is -0.497 e. The largest absolute Gasteiger partial charge is 0.497 e. The molecule has 0 aliphatic heterocycles. The average Bonchev–Trinajstić information content (AvgIpc) is 2.88. The third-order valence-electron chi connectivity index (χ3n) is 5.36. The van der Waals surface area contributed by atoms with Gasteiger partial charge in [0.1, 0.15) is 18.0 Å². The Kier molecular flexibility index (Phi) is 9.06. The van der Waals surface area contributed by atoms with Crippen molar-refractivity contribution in [1.82, 2.24) is 5.32 Å². The predicted molar refractivity (Wildman–Crippen MR) is 140 cm³/mol. The number of nitrogens with one attached hydrogen (secondary N) is 1. The summed E-state index contributed by atoms with van der Waals surface area (Å²) < 4.78 is 39.4. The number of carbonyl (C=O) groups is 1. The Labute approximate surface area is 211 Å². The number of methoxy groups -OCH3 is 1. The van der Waals surface area contributed by atoms with Gasteiger partial charge < -0.3 is 14.8 Å². The van der Waals surface area contributed by atoms with Crippen LogP contribution in [0.3, 0.4) is 0 Å². The Morgan fingerprint density at radius 2 is 1.69 bits per heavy atom. The molecule has 7 nitrogen and oxygen atoms in total. The second-order valence-corrected chi connectivity index (χ2v) is 10.4. The van der Waals surface area contributed by atoms with E-state index >= 15 is 0 Å². The maximum absolute atomic E-state index is 13.7. The monoisotopic (exact) mass is 514 g/mol. The van der Waals surface area contributed by atoms with E-state index in [-0.39, 0.29) is 10.9 Å². The fourth-order valence-electron chi connectivity index (χ4n) is 3.51. The molecule has 1 N–H and O–H groups in total. The van der Waals surface area contributed by atoms with Crippen LogP contribution in [0.1, 0.15) is 25.5 Å². The molecule has 0 saturated heterocycles. The van der Waals surface area contributed by atoms with Crippen LogP contribution in [-0.2, 0) is 14.8 Å². The van der Waals surface area contributed by atoms with Crippen LogP contribution in [0.15, 0.2) is 82.6 Å². The first kappa shape index (κ1) is 26.4. The van der Waals surface area contributed by atoms with E-state index in [2.05, 4.69) is 5.32 Å². The highest BCUT2D eigenvalue weighted by Crippen LogP contribution is 2.33. The van der Waals surface area contributed by atoms with Crippen molar-refractivity contribution in [2.75, 3.05) is 30.8 Å². The number of rotatable bonds is 11. The molecule has 0 aromatic heterocycles. The summed E-state index contributed by atoms with van der Waals surface area (Å²) in [6.07, 6.45) is 1.92. The van der Waals surface area contributed by atoms with Crippen LogP contribution >= 0.6 is 11.8 Å². The number of thioether (sulfide) groups is 1. The van der Waals surface area contributed by atoms with Crippen LogP contribution in [0.25, 0.3) is 0 Å². The molecular weight excluding hydrogens is 484 g/mol. The van der Waals surface area contributed by atoms with Crippen molar-refractivity contribution in [2.45, 2.75) is 29.7 Å². The first-order valence-corrected chi connectivity index (χ1v) is 13.8. The number of hydrogen-bond donors (Lipinski definition) is 1. The fourth-order valence-corrected chi connectivity index (χ4v) is 5.35. The van der Waals surface area contributed by atoms with Crippen molar-refractivity contribution < 1.29 is 22.7 Å². The van der Waals surface area contributed by atoms with Crippen molar-refractivity contribution >= 4 is 33.4 Å². The lowest BCUT2D eigenvalue weighted by atomic mass is 10.1. The van der Waals surface area contributed by atoms with E-state index in [1.807, 2.05) is 44.4 Å². The lowest BCUT2D eigenvalue weighted by Gasteiger charge is -2.26. The number of hydrogen-bond acceptors (Lipinski definition) is 6. The molecule has 0 saturated carbocycles. The minimum atomic E-state index is -4.06. The molecule has 9 heteroatoms. The number of anilines is 1. The van der Waals surface area contributed by atoms with E-state index in [4.69, 9.17) is 9.47 Å². The quantitative estimate of drug-likeness (QED) is 0.367. The van der Waals surface area contributed by atoms with Crippen LogP contribution in [0, 0.1) is 0 Å². The Morgan fingerprint density at radius 3 is 2.29 bits per heavy atom. The van der Waals surface area contributed by atoms with Gasteiger partial charge in [0, 0.05) is 4.90 Å². The maximum Gasteiger partial charge on any atom is 0.264 e. The number of carbonyl (C=O) groups excluding carboxylic acids is 1. The van der Waals surface area contributed by atoms with Gasteiger partial charge in [0.15, 0.2) is 0 Å². The second kappa shape index (κ2) is 12.0. The molecule has 0 bridgehead atoms. The first-order valence-electron chi connectivity index (χ1n) is 11.1. The number of ether oxygens (including phenoxy) is 2. The highest BCUT2D eigenvalue weighted by atomic mass is 32.2. The van der Waals surface area contributed by atoms with Crippen LogP contribution in [0.4, 0.5) is 5.69 Å². The molecule has 0 aliphatic rings. The molecule has 0 spiro atoms. The Bertz CT molecular complexity index is 1230. The zero-order valence-electron chi connectivity index (χ0n) is 20.2. The van der Waals surface area contributed by atoms with Crippen molar-refractivity contribution in [1.29, 1.82) is 0 Å². The molecule has 0 fully saturated rings. The molecule has 0 heterocycles. The van der Waals surface area contributed by atoms with Gasteiger partial charge in [-0.25, -0.2) is 8.42 Å². The summed E-state index contributed by atoms with van der Waals surface area (Å²) in [7, 11) is -2.47. The Hall–Kier alpha value is -3.17.